The van der Waals surface area contributed by atoms with Gasteiger partial charge in [-0.05, 0) is 13.0 Å². The lowest BCUT2D eigenvalue weighted by Gasteiger charge is -2.16. The van der Waals surface area contributed by atoms with Crippen molar-refractivity contribution in [2.45, 2.75) is 6.92 Å². The molecule has 1 heterocycles. The molecule has 0 aliphatic carbocycles. The van der Waals surface area contributed by atoms with Gasteiger partial charge in [0.25, 0.3) is 5.70 Å². The largest absolute Gasteiger partial charge is 0.490 e. The van der Waals surface area contributed by atoms with Gasteiger partial charge in [-0.3, -0.25) is 10.1 Å². The number of nitrogens with zero attached hydrogens (tertiary/aromatic N) is 1. The van der Waals surface area contributed by atoms with Crippen molar-refractivity contribution in [2.75, 3.05) is 13.2 Å². The lowest BCUT2D eigenvalue weighted by atomic mass is 10.1. The van der Waals surface area contributed by atoms with Crippen LogP contribution in [0, 0.1) is 10.1 Å². The molecule has 0 fully saturated rings. The van der Waals surface area contributed by atoms with E-state index in [0.717, 1.165) is 0 Å². The molecule has 0 aromatic heterocycles. The Morgan fingerprint density at radius 1 is 1.56 bits per heavy atom. The fourth-order valence-electron chi connectivity index (χ4n) is 1.54. The van der Waals surface area contributed by atoms with Crippen molar-refractivity contribution >= 4 is 6.08 Å². The van der Waals surface area contributed by atoms with E-state index in [9.17, 15) is 10.1 Å². The lowest BCUT2D eigenvalue weighted by molar-refractivity contribution is -0.427. The normalized spacial score (nSPS) is 13.4. The molecule has 84 valence electrons. The van der Waals surface area contributed by atoms with Crippen molar-refractivity contribution in [1.29, 1.82) is 0 Å². The molecule has 1 aromatic rings. The van der Waals surface area contributed by atoms with Gasteiger partial charge in [-0.25, -0.2) is 0 Å². The zero-order valence-corrected chi connectivity index (χ0v) is 8.80. The van der Waals surface area contributed by atoms with Gasteiger partial charge in [0.1, 0.15) is 0 Å². The summed E-state index contributed by atoms with van der Waals surface area (Å²) in [6.07, 6.45) is 1.52. The second kappa shape index (κ2) is 4.22. The summed E-state index contributed by atoms with van der Waals surface area (Å²) in [6.45, 7) is 2.39. The van der Waals surface area contributed by atoms with Crippen LogP contribution >= 0.6 is 0 Å². The van der Waals surface area contributed by atoms with Crippen molar-refractivity contribution in [1.82, 2.24) is 0 Å². The standard InChI is InChI=1S/C11H11NO4/c1-2-15-10-5-3-4-8-6-9(12(13)14)7-16-11(8)10/h3-6H,2,7H2,1H3. The second-order valence-electron chi connectivity index (χ2n) is 3.29. The van der Waals surface area contributed by atoms with Crippen LogP contribution in [0.3, 0.4) is 0 Å². The minimum atomic E-state index is -0.434. The van der Waals surface area contributed by atoms with Crippen LogP contribution in [-0.4, -0.2) is 18.1 Å². The van der Waals surface area contributed by atoms with Gasteiger partial charge in [0.05, 0.1) is 11.5 Å². The summed E-state index contributed by atoms with van der Waals surface area (Å²) in [7, 11) is 0. The highest BCUT2D eigenvalue weighted by Gasteiger charge is 2.22. The molecule has 0 unspecified atom stereocenters. The third-order valence-corrected chi connectivity index (χ3v) is 2.23. The number of hydrogen-bond donors (Lipinski definition) is 0. The molecule has 0 amide bonds. The Labute approximate surface area is 92.4 Å². The van der Waals surface area contributed by atoms with Crippen LogP contribution < -0.4 is 9.47 Å². The zero-order valence-electron chi connectivity index (χ0n) is 8.80. The number of ether oxygens (including phenoxy) is 2. The quantitative estimate of drug-likeness (QED) is 0.579. The molecule has 5 nitrogen and oxygen atoms in total. The second-order valence-corrected chi connectivity index (χ2v) is 3.29. The average molecular weight is 221 g/mol. The van der Waals surface area contributed by atoms with E-state index in [0.29, 0.717) is 23.7 Å². The fourth-order valence-corrected chi connectivity index (χ4v) is 1.54. The average Bonchev–Trinajstić information content (AvgIpc) is 2.29. The van der Waals surface area contributed by atoms with E-state index >= 15 is 0 Å². The maximum Gasteiger partial charge on any atom is 0.284 e. The van der Waals surface area contributed by atoms with Gasteiger partial charge >= 0.3 is 0 Å². The van der Waals surface area contributed by atoms with Gasteiger partial charge in [-0.15, -0.1) is 0 Å². The summed E-state index contributed by atoms with van der Waals surface area (Å²) in [6, 6.07) is 5.33. The predicted octanol–water partition coefficient (Wildman–Crippen LogP) is 2.10. The van der Waals surface area contributed by atoms with Gasteiger partial charge in [-0.1, -0.05) is 12.1 Å². The molecule has 2 rings (SSSR count). The molecule has 0 radical (unpaired) electrons. The molecule has 0 bridgehead atoms. The van der Waals surface area contributed by atoms with Crippen LogP contribution in [0.2, 0.25) is 0 Å². The fraction of sp³-hybridized carbons (Fsp3) is 0.273. The van der Waals surface area contributed by atoms with Gasteiger partial charge in [0.2, 0.25) is 0 Å². The highest BCUT2D eigenvalue weighted by Crippen LogP contribution is 2.35. The SMILES string of the molecule is CCOc1cccc2c1OCC([N+](=O)[O-])=C2. The first-order chi connectivity index (χ1) is 7.72. The van der Waals surface area contributed by atoms with Crippen LogP contribution in [0.1, 0.15) is 12.5 Å². The van der Waals surface area contributed by atoms with E-state index in [2.05, 4.69) is 0 Å². The van der Waals surface area contributed by atoms with Crippen LogP contribution in [-0.2, 0) is 0 Å². The molecular weight excluding hydrogens is 210 g/mol. The number of para-hydroxylation sites is 1. The van der Waals surface area contributed by atoms with Crippen LogP contribution in [0.5, 0.6) is 11.5 Å². The van der Waals surface area contributed by atoms with Gasteiger partial charge in [0, 0.05) is 11.6 Å². The molecule has 0 spiro atoms. The molecule has 1 aromatic carbocycles. The maximum absolute atomic E-state index is 10.6. The Hall–Kier alpha value is -2.04. The Balaban J connectivity index is 2.41. The van der Waals surface area contributed by atoms with Crippen molar-refractivity contribution in [2.24, 2.45) is 0 Å². The van der Waals surface area contributed by atoms with Gasteiger partial charge < -0.3 is 9.47 Å². The van der Waals surface area contributed by atoms with E-state index in [-0.39, 0.29) is 12.3 Å². The summed E-state index contributed by atoms with van der Waals surface area (Å²) in [4.78, 5) is 10.2. The van der Waals surface area contributed by atoms with Crippen LogP contribution in [0.25, 0.3) is 6.08 Å². The monoisotopic (exact) mass is 221 g/mol. The number of nitro groups is 1. The van der Waals surface area contributed by atoms with Crippen molar-refractivity contribution in [3.63, 3.8) is 0 Å². The van der Waals surface area contributed by atoms with Crippen LogP contribution in [0.15, 0.2) is 23.9 Å². The number of benzene rings is 1. The topological polar surface area (TPSA) is 61.6 Å². The maximum atomic E-state index is 10.6. The zero-order chi connectivity index (χ0) is 11.5. The van der Waals surface area contributed by atoms with Crippen LogP contribution in [0.4, 0.5) is 0 Å². The summed E-state index contributed by atoms with van der Waals surface area (Å²) >= 11 is 0. The Kier molecular flexibility index (Phi) is 2.76. The summed E-state index contributed by atoms with van der Waals surface area (Å²) < 4.78 is 10.7. The van der Waals surface area contributed by atoms with E-state index in [1.807, 2.05) is 6.92 Å². The molecule has 0 N–H and O–H groups in total. The van der Waals surface area contributed by atoms with Crippen molar-refractivity contribution < 1.29 is 14.4 Å². The number of hydrogen-bond acceptors (Lipinski definition) is 4. The molecular formula is C11H11NO4. The number of rotatable bonds is 3. The highest BCUT2D eigenvalue weighted by atomic mass is 16.6. The van der Waals surface area contributed by atoms with Crippen molar-refractivity contribution in [3.8, 4) is 11.5 Å². The minimum absolute atomic E-state index is 0.0237. The van der Waals surface area contributed by atoms with E-state index < -0.39 is 4.92 Å². The Bertz CT molecular complexity index is 453. The third kappa shape index (κ3) is 1.84. The highest BCUT2D eigenvalue weighted by molar-refractivity contribution is 5.65. The van der Waals surface area contributed by atoms with E-state index in [4.69, 9.17) is 9.47 Å². The molecule has 5 heteroatoms. The van der Waals surface area contributed by atoms with E-state index in [1.165, 1.54) is 6.08 Å². The smallest absolute Gasteiger partial charge is 0.284 e. The number of fused-ring (bicyclic) bond motifs is 1. The summed E-state index contributed by atoms with van der Waals surface area (Å²) in [5.74, 6) is 1.20. The van der Waals surface area contributed by atoms with Gasteiger partial charge in [0.15, 0.2) is 18.1 Å². The first kappa shape index (κ1) is 10.5. The van der Waals surface area contributed by atoms with Crippen molar-refractivity contribution in [3.05, 3.63) is 39.6 Å². The summed E-state index contributed by atoms with van der Waals surface area (Å²) in [5.41, 5.74) is 0.741. The molecule has 0 saturated heterocycles. The third-order valence-electron chi connectivity index (χ3n) is 2.23. The molecule has 16 heavy (non-hydrogen) atoms. The Morgan fingerprint density at radius 2 is 2.38 bits per heavy atom. The lowest BCUT2D eigenvalue weighted by Crippen LogP contribution is -2.14. The molecule has 1 aliphatic heterocycles. The predicted molar refractivity (Wildman–Crippen MR) is 58.1 cm³/mol. The summed E-state index contributed by atoms with van der Waals surface area (Å²) in [5, 5.41) is 10.6. The molecule has 0 saturated carbocycles. The Morgan fingerprint density at radius 3 is 3.06 bits per heavy atom. The first-order valence-electron chi connectivity index (χ1n) is 4.96. The van der Waals surface area contributed by atoms with E-state index in [1.54, 1.807) is 18.2 Å². The minimum Gasteiger partial charge on any atom is -0.490 e. The van der Waals surface area contributed by atoms with Gasteiger partial charge in [-0.2, -0.15) is 0 Å². The molecule has 1 aliphatic rings. The first-order valence-corrected chi connectivity index (χ1v) is 4.96. The molecule has 0 atom stereocenters.